The Morgan fingerprint density at radius 1 is 1.22 bits per heavy atom. The first kappa shape index (κ1) is 28.3. The molecule has 2 aliphatic rings. The van der Waals surface area contributed by atoms with Crippen LogP contribution in [0.2, 0.25) is 0 Å². The van der Waals surface area contributed by atoms with Gasteiger partial charge in [0.2, 0.25) is 27.8 Å². The number of carboxylic acid groups (broad SMARTS) is 1. The van der Waals surface area contributed by atoms with Crippen LogP contribution in [-0.2, 0) is 21.4 Å². The molecule has 4 heterocycles. The van der Waals surface area contributed by atoms with Crippen LogP contribution in [0.3, 0.4) is 0 Å². The molecule has 3 aromatic rings. The summed E-state index contributed by atoms with van der Waals surface area (Å²) in [6, 6.07) is 5.89. The van der Waals surface area contributed by atoms with Gasteiger partial charge < -0.3 is 20.8 Å². The van der Waals surface area contributed by atoms with Gasteiger partial charge in [-0.05, 0) is 21.6 Å². The second kappa shape index (κ2) is 11.7. The lowest BCUT2D eigenvalue weighted by Gasteiger charge is -2.49. The maximum Gasteiger partial charge on any atom is 0.352 e. The summed E-state index contributed by atoms with van der Waals surface area (Å²) >= 11 is 6.40. The summed E-state index contributed by atoms with van der Waals surface area (Å²) in [5, 5.41) is 43.0. The Hall–Kier alpha value is -4.23. The number of aliphatic carboxylic acids is 1. The molecule has 4 N–H and O–H groups in total. The number of aromatic hydroxyl groups is 1. The maximum atomic E-state index is 13.4. The number of aromatic nitrogens is 7. The minimum atomic E-state index is -1.29. The molecule has 1 aromatic carbocycles. The Morgan fingerprint density at radius 3 is 2.63 bits per heavy atom. The number of nitrogens with one attached hydrogen (secondary N) is 2. The van der Waals surface area contributed by atoms with Crippen molar-refractivity contribution in [2.24, 2.45) is 7.05 Å². The van der Waals surface area contributed by atoms with Crippen molar-refractivity contribution >= 4 is 59.8 Å². The van der Waals surface area contributed by atoms with Crippen molar-refractivity contribution in [1.29, 1.82) is 0 Å². The van der Waals surface area contributed by atoms with Crippen LogP contribution in [0, 0.1) is 0 Å². The van der Waals surface area contributed by atoms with Gasteiger partial charge in [0.1, 0.15) is 23.2 Å². The average Bonchev–Trinajstić information content (AvgIpc) is 3.37. The largest absolute Gasteiger partial charge is 0.491 e. The fourth-order valence-electron chi connectivity index (χ4n) is 4.13. The van der Waals surface area contributed by atoms with E-state index in [-0.39, 0.29) is 16.6 Å². The summed E-state index contributed by atoms with van der Waals surface area (Å²) in [5.41, 5.74) is 0.229. The number of carboxylic acids is 1. The number of rotatable bonds is 9. The number of aryl methyl sites for hydroxylation is 1. The number of fused-ring (bicyclic) bond motifs is 1. The molecule has 16 nitrogen and oxygen atoms in total. The van der Waals surface area contributed by atoms with E-state index in [0.717, 1.165) is 4.90 Å². The number of benzene rings is 1. The summed E-state index contributed by atoms with van der Waals surface area (Å²) in [5.74, 6) is -3.72. The second-order valence-electron chi connectivity index (χ2n) is 8.63. The van der Waals surface area contributed by atoms with Crippen LogP contribution in [0.1, 0.15) is 22.1 Å². The Bertz CT molecular complexity index is 1570. The molecule has 2 aliphatic heterocycles. The molecule has 0 saturated carbocycles. The molecule has 3 atom stereocenters. The van der Waals surface area contributed by atoms with E-state index in [1.807, 2.05) is 0 Å². The predicted octanol–water partition coefficient (Wildman–Crippen LogP) is -0.609. The van der Waals surface area contributed by atoms with Gasteiger partial charge in [0, 0.05) is 18.6 Å². The zero-order valence-corrected chi connectivity index (χ0v) is 23.4. The lowest BCUT2D eigenvalue weighted by Crippen LogP contribution is -2.71. The van der Waals surface area contributed by atoms with Gasteiger partial charge in [0.25, 0.3) is 11.8 Å². The summed E-state index contributed by atoms with van der Waals surface area (Å²) in [6.07, 6.45) is 0. The number of β-lactam (4-membered cyclic amide) rings is 1. The highest BCUT2D eigenvalue weighted by Gasteiger charge is 2.54. The molecule has 0 bridgehead atoms. The van der Waals surface area contributed by atoms with Crippen LogP contribution in [-0.4, -0.2) is 97.1 Å². The van der Waals surface area contributed by atoms with Gasteiger partial charge >= 0.3 is 5.97 Å². The third-order valence-corrected chi connectivity index (χ3v) is 8.67. The normalized spacial score (nSPS) is 18.8. The van der Waals surface area contributed by atoms with Gasteiger partial charge in [-0.25, -0.2) is 9.48 Å². The Kier molecular flexibility index (Phi) is 8.08. The second-order valence-corrected chi connectivity index (χ2v) is 11.1. The van der Waals surface area contributed by atoms with Crippen LogP contribution < -0.4 is 10.6 Å². The van der Waals surface area contributed by atoms with E-state index in [0.29, 0.717) is 22.0 Å². The molecule has 1 saturated heterocycles. The van der Waals surface area contributed by atoms with Gasteiger partial charge in [0.15, 0.2) is 0 Å². The molecule has 3 amide bonds. The summed E-state index contributed by atoms with van der Waals surface area (Å²) in [7, 11) is 1.66. The maximum absolute atomic E-state index is 13.4. The zero-order valence-electron chi connectivity index (χ0n) is 20.9. The molecular weight excluding hydrogens is 597 g/mol. The molecule has 2 aromatic heterocycles. The fourth-order valence-corrected chi connectivity index (χ4v) is 6.60. The van der Waals surface area contributed by atoms with Crippen molar-refractivity contribution in [3.05, 3.63) is 52.9 Å². The summed E-state index contributed by atoms with van der Waals surface area (Å²) < 4.78 is 1.45. The molecule has 212 valence electrons. The van der Waals surface area contributed by atoms with Crippen LogP contribution in [0.15, 0.2) is 51.9 Å². The number of carbonyl (C=O) groups excluding carboxylic acids is 3. The topological polar surface area (TPSA) is 218 Å². The van der Waals surface area contributed by atoms with Gasteiger partial charge in [-0.15, -0.1) is 39.7 Å². The highest BCUT2D eigenvalue weighted by Crippen LogP contribution is 2.41. The number of thiol groups is 1. The van der Waals surface area contributed by atoms with E-state index in [1.165, 1.54) is 28.2 Å². The van der Waals surface area contributed by atoms with Crippen molar-refractivity contribution in [1.82, 2.24) is 50.9 Å². The molecule has 2 unspecified atom stereocenters. The molecular formula is C22H20N10O6S3. The quantitative estimate of drug-likeness (QED) is 0.115. The number of nitrogens with zero attached hydrogens (tertiary/aromatic N) is 8. The van der Waals surface area contributed by atoms with E-state index in [2.05, 4.69) is 54.0 Å². The first-order chi connectivity index (χ1) is 19.7. The molecule has 1 fully saturated rings. The van der Waals surface area contributed by atoms with E-state index < -0.39 is 52.7 Å². The third kappa shape index (κ3) is 5.68. The first-order valence-corrected chi connectivity index (χ1v) is 14.2. The average molecular weight is 617 g/mol. The minimum absolute atomic E-state index is 0.144. The van der Waals surface area contributed by atoms with Crippen molar-refractivity contribution in [3.63, 3.8) is 0 Å². The highest BCUT2D eigenvalue weighted by atomic mass is 32.2. The Labute approximate surface area is 244 Å². The van der Waals surface area contributed by atoms with Gasteiger partial charge in [-0.3, -0.25) is 19.3 Å². The standard InChI is InChI=1S/C22H20N10O6S3/c1-31-22(28-29-30-31)41-8-10-7-40-19-13(18(36)32(19)14(10)20(37)38)24-15(33)11(9-5-3-2-4-6-9)23-16(34)12-17(35)25-21(39)27-26-12/h2-6,11,13,19H,7-8H2,1H3,(H,23,34)(H,24,33)(H,37,38)(H2,25,27,35,39)/t11?,13?,19-/m0/s1. The fraction of sp³-hybridized carbons (Fsp3) is 0.273. The highest BCUT2D eigenvalue weighted by molar-refractivity contribution is 8.01. The van der Waals surface area contributed by atoms with E-state index in [9.17, 15) is 29.4 Å². The van der Waals surface area contributed by atoms with Crippen LogP contribution >= 0.6 is 36.2 Å². The number of tetrazole rings is 1. The Morgan fingerprint density at radius 2 is 1.98 bits per heavy atom. The number of carbonyl (C=O) groups is 4. The third-order valence-electron chi connectivity index (χ3n) is 6.05. The first-order valence-electron chi connectivity index (χ1n) is 11.7. The molecule has 19 heteroatoms. The number of hydrogen-bond donors (Lipinski definition) is 5. The predicted molar refractivity (Wildman–Crippen MR) is 145 cm³/mol. The summed E-state index contributed by atoms with van der Waals surface area (Å²) in [6.45, 7) is 0. The minimum Gasteiger partial charge on any atom is -0.491 e. The van der Waals surface area contributed by atoms with Gasteiger partial charge in [0.05, 0.1) is 0 Å². The van der Waals surface area contributed by atoms with Gasteiger partial charge in [-0.1, -0.05) is 42.1 Å². The van der Waals surface area contributed by atoms with Crippen LogP contribution in [0.5, 0.6) is 5.88 Å². The van der Waals surface area contributed by atoms with E-state index in [1.54, 1.807) is 37.4 Å². The lowest BCUT2D eigenvalue weighted by molar-refractivity contribution is -0.151. The van der Waals surface area contributed by atoms with Crippen LogP contribution in [0.4, 0.5) is 0 Å². The zero-order chi connectivity index (χ0) is 29.3. The van der Waals surface area contributed by atoms with Crippen molar-refractivity contribution in [2.45, 2.75) is 27.8 Å². The van der Waals surface area contributed by atoms with Crippen molar-refractivity contribution < 1.29 is 29.4 Å². The Balaban J connectivity index is 1.33. The summed E-state index contributed by atoms with van der Waals surface area (Å²) in [4.78, 5) is 56.3. The van der Waals surface area contributed by atoms with Crippen molar-refractivity contribution in [2.75, 3.05) is 11.5 Å². The van der Waals surface area contributed by atoms with E-state index >= 15 is 0 Å². The number of thioether (sulfide) groups is 2. The molecule has 5 rings (SSSR count). The molecule has 0 aliphatic carbocycles. The number of hydrogen-bond acceptors (Lipinski definition) is 14. The smallest absolute Gasteiger partial charge is 0.352 e. The van der Waals surface area contributed by atoms with Gasteiger partial charge in [-0.2, -0.15) is 4.98 Å². The van der Waals surface area contributed by atoms with Crippen molar-refractivity contribution in [3.8, 4) is 5.88 Å². The number of amides is 3. The molecule has 0 spiro atoms. The molecule has 41 heavy (non-hydrogen) atoms. The SMILES string of the molecule is Cn1nnnc1SCC1=C(C(=O)O)N2C(=O)C(NC(=O)C(NC(=O)c3nnc(S)nc3O)c3ccccc3)[C@@H]2SC1. The monoisotopic (exact) mass is 616 g/mol. The lowest BCUT2D eigenvalue weighted by atomic mass is 10.0. The van der Waals surface area contributed by atoms with E-state index in [4.69, 9.17) is 0 Å². The van der Waals surface area contributed by atoms with Crippen LogP contribution in [0.25, 0.3) is 0 Å². The molecule has 0 radical (unpaired) electrons.